The molecule has 0 unspecified atom stereocenters. The van der Waals surface area contributed by atoms with Crippen molar-refractivity contribution in [1.82, 2.24) is 19.7 Å². The number of nitrogen functional groups attached to an aromatic ring is 1. The summed E-state index contributed by atoms with van der Waals surface area (Å²) in [6.45, 7) is 4.38. The molecule has 0 fully saturated rings. The lowest BCUT2D eigenvalue weighted by Crippen LogP contribution is -2.07. The molecule has 0 atom stereocenters. The predicted molar refractivity (Wildman–Crippen MR) is 62.7 cm³/mol. The zero-order valence-corrected chi connectivity index (χ0v) is 9.81. The van der Waals surface area contributed by atoms with E-state index in [-0.39, 0.29) is 11.5 Å². The standard InChI is InChI=1S/C11H14FN5/c1-3-6-17-8(4-5-14-17)11-15-7(2)9(12)10(13)16-11/h4-5H,3,6H2,1-2H3,(H2,13,15,16). The van der Waals surface area contributed by atoms with Gasteiger partial charge in [-0.2, -0.15) is 5.10 Å². The summed E-state index contributed by atoms with van der Waals surface area (Å²) in [7, 11) is 0. The number of anilines is 1. The summed E-state index contributed by atoms with van der Waals surface area (Å²) in [4.78, 5) is 8.04. The quantitative estimate of drug-likeness (QED) is 0.880. The number of hydrogen-bond acceptors (Lipinski definition) is 4. The van der Waals surface area contributed by atoms with E-state index < -0.39 is 5.82 Å². The van der Waals surface area contributed by atoms with Crippen molar-refractivity contribution in [3.63, 3.8) is 0 Å². The fourth-order valence-corrected chi connectivity index (χ4v) is 1.61. The molecule has 0 radical (unpaired) electrons. The largest absolute Gasteiger partial charge is 0.381 e. The van der Waals surface area contributed by atoms with E-state index in [4.69, 9.17) is 5.73 Å². The Hall–Kier alpha value is -1.98. The van der Waals surface area contributed by atoms with Crippen molar-refractivity contribution in [2.75, 3.05) is 5.73 Å². The minimum absolute atomic E-state index is 0.128. The lowest BCUT2D eigenvalue weighted by molar-refractivity contribution is 0.598. The fraction of sp³-hybridized carbons (Fsp3) is 0.364. The van der Waals surface area contributed by atoms with Crippen LogP contribution in [0.15, 0.2) is 12.3 Å². The van der Waals surface area contributed by atoms with Gasteiger partial charge in [-0.05, 0) is 19.4 Å². The van der Waals surface area contributed by atoms with E-state index in [2.05, 4.69) is 22.0 Å². The Balaban J connectivity index is 2.49. The second-order valence-corrected chi connectivity index (χ2v) is 3.77. The first kappa shape index (κ1) is 11.5. The van der Waals surface area contributed by atoms with Gasteiger partial charge in [-0.1, -0.05) is 6.92 Å². The zero-order valence-electron chi connectivity index (χ0n) is 9.81. The number of aromatic nitrogens is 4. The third-order valence-corrected chi connectivity index (χ3v) is 2.42. The average Bonchev–Trinajstić information content (AvgIpc) is 2.74. The molecule has 5 nitrogen and oxygen atoms in total. The summed E-state index contributed by atoms with van der Waals surface area (Å²) in [5, 5.41) is 4.17. The molecule has 2 N–H and O–H groups in total. The van der Waals surface area contributed by atoms with Crippen LogP contribution in [0.3, 0.4) is 0 Å². The van der Waals surface area contributed by atoms with Crippen LogP contribution in [-0.4, -0.2) is 19.7 Å². The number of halogens is 1. The van der Waals surface area contributed by atoms with Crippen molar-refractivity contribution < 1.29 is 4.39 Å². The maximum absolute atomic E-state index is 13.3. The van der Waals surface area contributed by atoms with E-state index in [1.807, 2.05) is 0 Å². The van der Waals surface area contributed by atoms with Crippen LogP contribution in [-0.2, 0) is 6.54 Å². The van der Waals surface area contributed by atoms with Crippen molar-refractivity contribution in [1.29, 1.82) is 0 Å². The van der Waals surface area contributed by atoms with Gasteiger partial charge in [0.2, 0.25) is 0 Å². The SMILES string of the molecule is CCCn1nccc1-c1nc(C)c(F)c(N)n1. The van der Waals surface area contributed by atoms with Crippen LogP contribution >= 0.6 is 0 Å². The van der Waals surface area contributed by atoms with Crippen molar-refractivity contribution in [2.45, 2.75) is 26.8 Å². The van der Waals surface area contributed by atoms with Crippen LogP contribution < -0.4 is 5.73 Å². The summed E-state index contributed by atoms with van der Waals surface area (Å²) < 4.78 is 15.1. The second kappa shape index (κ2) is 4.48. The van der Waals surface area contributed by atoms with E-state index in [9.17, 15) is 4.39 Å². The molecule has 90 valence electrons. The van der Waals surface area contributed by atoms with E-state index in [0.29, 0.717) is 5.82 Å². The number of nitrogens with zero attached hydrogens (tertiary/aromatic N) is 4. The van der Waals surface area contributed by atoms with E-state index >= 15 is 0 Å². The summed E-state index contributed by atoms with van der Waals surface area (Å²) >= 11 is 0. The molecule has 2 rings (SSSR count). The first-order chi connectivity index (χ1) is 8.13. The predicted octanol–water partition coefficient (Wildman–Crippen LogP) is 1.78. The highest BCUT2D eigenvalue weighted by molar-refractivity contribution is 5.52. The molecule has 0 aliphatic carbocycles. The minimum atomic E-state index is -0.560. The molecule has 0 saturated carbocycles. The van der Waals surface area contributed by atoms with Crippen LogP contribution in [0.1, 0.15) is 19.0 Å². The van der Waals surface area contributed by atoms with Crippen LogP contribution in [0.5, 0.6) is 0 Å². The van der Waals surface area contributed by atoms with Crippen molar-refractivity contribution in [3.05, 3.63) is 23.8 Å². The Labute approximate surface area is 98.5 Å². The summed E-state index contributed by atoms with van der Waals surface area (Å²) in [5.74, 6) is -0.278. The number of nitrogens with two attached hydrogens (primary N) is 1. The molecular weight excluding hydrogens is 221 g/mol. The highest BCUT2D eigenvalue weighted by atomic mass is 19.1. The first-order valence-corrected chi connectivity index (χ1v) is 5.45. The van der Waals surface area contributed by atoms with Gasteiger partial charge in [0.1, 0.15) is 5.69 Å². The van der Waals surface area contributed by atoms with Gasteiger partial charge >= 0.3 is 0 Å². The van der Waals surface area contributed by atoms with E-state index in [1.54, 1.807) is 23.9 Å². The molecule has 0 aliphatic heterocycles. The molecule has 0 bridgehead atoms. The van der Waals surface area contributed by atoms with Gasteiger partial charge in [0.25, 0.3) is 0 Å². The maximum Gasteiger partial charge on any atom is 0.186 e. The zero-order chi connectivity index (χ0) is 12.4. The molecule has 2 aromatic heterocycles. The first-order valence-electron chi connectivity index (χ1n) is 5.45. The smallest absolute Gasteiger partial charge is 0.186 e. The highest BCUT2D eigenvalue weighted by Gasteiger charge is 2.13. The highest BCUT2D eigenvalue weighted by Crippen LogP contribution is 2.19. The second-order valence-electron chi connectivity index (χ2n) is 3.77. The molecule has 2 aromatic rings. The molecule has 0 amide bonds. The third kappa shape index (κ3) is 2.11. The van der Waals surface area contributed by atoms with E-state index in [1.165, 1.54) is 0 Å². The number of rotatable bonds is 3. The summed E-state index contributed by atoms with van der Waals surface area (Å²) in [6, 6.07) is 1.79. The monoisotopic (exact) mass is 235 g/mol. The lowest BCUT2D eigenvalue weighted by Gasteiger charge is -2.07. The van der Waals surface area contributed by atoms with Gasteiger partial charge in [0.05, 0.1) is 5.69 Å². The number of hydrogen-bond donors (Lipinski definition) is 1. The van der Waals surface area contributed by atoms with Crippen molar-refractivity contribution in [2.24, 2.45) is 0 Å². The third-order valence-electron chi connectivity index (χ3n) is 2.42. The molecule has 0 aromatic carbocycles. The molecular formula is C11H14FN5. The van der Waals surface area contributed by atoms with Gasteiger partial charge in [-0.15, -0.1) is 0 Å². The Bertz CT molecular complexity index is 511. The minimum Gasteiger partial charge on any atom is -0.381 e. The van der Waals surface area contributed by atoms with Crippen LogP contribution in [0.4, 0.5) is 10.2 Å². The summed E-state index contributed by atoms with van der Waals surface area (Å²) in [6.07, 6.45) is 2.62. The van der Waals surface area contributed by atoms with E-state index in [0.717, 1.165) is 18.7 Å². The summed E-state index contributed by atoms with van der Waals surface area (Å²) in [5.41, 5.74) is 6.49. The maximum atomic E-state index is 13.3. The lowest BCUT2D eigenvalue weighted by atomic mass is 10.3. The van der Waals surface area contributed by atoms with Gasteiger partial charge in [-0.3, -0.25) is 4.68 Å². The Morgan fingerprint density at radius 3 is 2.82 bits per heavy atom. The van der Waals surface area contributed by atoms with Gasteiger partial charge in [0.15, 0.2) is 17.5 Å². The topological polar surface area (TPSA) is 69.6 Å². The van der Waals surface area contributed by atoms with Crippen LogP contribution in [0.25, 0.3) is 11.5 Å². The molecule has 0 aliphatic rings. The molecule has 2 heterocycles. The van der Waals surface area contributed by atoms with Crippen LogP contribution in [0.2, 0.25) is 0 Å². The van der Waals surface area contributed by atoms with Gasteiger partial charge < -0.3 is 5.73 Å². The van der Waals surface area contributed by atoms with Crippen molar-refractivity contribution in [3.8, 4) is 11.5 Å². The van der Waals surface area contributed by atoms with Gasteiger partial charge in [-0.25, -0.2) is 14.4 Å². The normalized spacial score (nSPS) is 10.8. The van der Waals surface area contributed by atoms with Crippen LogP contribution in [0, 0.1) is 12.7 Å². The molecule has 0 spiro atoms. The van der Waals surface area contributed by atoms with Crippen molar-refractivity contribution >= 4 is 5.82 Å². The molecule has 17 heavy (non-hydrogen) atoms. The Morgan fingerprint density at radius 1 is 1.41 bits per heavy atom. The number of aryl methyl sites for hydroxylation is 2. The van der Waals surface area contributed by atoms with Gasteiger partial charge in [0, 0.05) is 12.7 Å². The average molecular weight is 235 g/mol. The Kier molecular flexibility index (Phi) is 3.03. The molecule has 0 saturated heterocycles. The Morgan fingerprint density at radius 2 is 2.18 bits per heavy atom. The fourth-order valence-electron chi connectivity index (χ4n) is 1.61. The molecule has 6 heteroatoms.